The predicted molar refractivity (Wildman–Crippen MR) is 72.3 cm³/mol. The van der Waals surface area contributed by atoms with Gasteiger partial charge in [-0.05, 0) is 12.1 Å². The SMILES string of the molecule is COCCN1CCN(C(=O)c2c(O)cccc2F)CC1. The van der Waals surface area contributed by atoms with Crippen LogP contribution >= 0.6 is 0 Å². The zero-order valence-corrected chi connectivity index (χ0v) is 11.5. The summed E-state index contributed by atoms with van der Waals surface area (Å²) in [5.41, 5.74) is -0.238. The quantitative estimate of drug-likeness (QED) is 0.893. The fourth-order valence-electron chi connectivity index (χ4n) is 2.28. The molecular weight excluding hydrogens is 263 g/mol. The molecule has 0 unspecified atom stereocenters. The van der Waals surface area contributed by atoms with Gasteiger partial charge in [-0.15, -0.1) is 0 Å². The zero-order valence-electron chi connectivity index (χ0n) is 11.5. The number of rotatable bonds is 4. The molecule has 1 aliphatic rings. The Bertz CT molecular complexity index is 453. The molecule has 1 saturated heterocycles. The summed E-state index contributed by atoms with van der Waals surface area (Å²) in [5, 5.41) is 9.65. The minimum atomic E-state index is -0.684. The Morgan fingerprint density at radius 3 is 2.65 bits per heavy atom. The molecule has 1 heterocycles. The van der Waals surface area contributed by atoms with Crippen molar-refractivity contribution in [3.8, 4) is 5.75 Å². The number of hydrogen-bond acceptors (Lipinski definition) is 4. The number of ether oxygens (including phenoxy) is 1. The van der Waals surface area contributed by atoms with E-state index >= 15 is 0 Å². The Morgan fingerprint density at radius 2 is 2.05 bits per heavy atom. The number of aromatic hydroxyl groups is 1. The third-order valence-corrected chi connectivity index (χ3v) is 3.48. The van der Waals surface area contributed by atoms with Crippen LogP contribution in [-0.4, -0.2) is 67.3 Å². The number of piperazine rings is 1. The molecule has 6 heteroatoms. The summed E-state index contributed by atoms with van der Waals surface area (Å²) < 4.78 is 18.7. The second-order valence-electron chi connectivity index (χ2n) is 4.76. The van der Waals surface area contributed by atoms with Crippen LogP contribution in [0.1, 0.15) is 10.4 Å². The first-order chi connectivity index (χ1) is 9.63. The molecule has 0 saturated carbocycles. The van der Waals surface area contributed by atoms with Gasteiger partial charge in [0.2, 0.25) is 0 Å². The summed E-state index contributed by atoms with van der Waals surface area (Å²) in [6.07, 6.45) is 0. The molecule has 20 heavy (non-hydrogen) atoms. The number of phenols is 1. The Labute approximate surface area is 117 Å². The van der Waals surface area contributed by atoms with Crippen LogP contribution in [0.25, 0.3) is 0 Å². The first-order valence-electron chi connectivity index (χ1n) is 6.61. The smallest absolute Gasteiger partial charge is 0.260 e. The average Bonchev–Trinajstić information content (AvgIpc) is 2.45. The number of carbonyl (C=O) groups excluding carboxylic acids is 1. The van der Waals surface area contributed by atoms with Crippen LogP contribution < -0.4 is 0 Å². The van der Waals surface area contributed by atoms with Crippen LogP contribution in [0.2, 0.25) is 0 Å². The number of benzene rings is 1. The van der Waals surface area contributed by atoms with Crippen molar-refractivity contribution in [2.75, 3.05) is 46.4 Å². The normalized spacial score (nSPS) is 16.4. The molecule has 0 aliphatic carbocycles. The number of halogens is 1. The molecule has 1 fully saturated rings. The van der Waals surface area contributed by atoms with Gasteiger partial charge in [-0.3, -0.25) is 9.69 Å². The zero-order chi connectivity index (χ0) is 14.5. The molecule has 1 aromatic rings. The van der Waals surface area contributed by atoms with Crippen molar-refractivity contribution in [1.82, 2.24) is 9.80 Å². The lowest BCUT2D eigenvalue weighted by Crippen LogP contribution is -2.49. The highest BCUT2D eigenvalue weighted by atomic mass is 19.1. The lowest BCUT2D eigenvalue weighted by Gasteiger charge is -2.34. The molecule has 1 aliphatic heterocycles. The molecule has 0 aromatic heterocycles. The fraction of sp³-hybridized carbons (Fsp3) is 0.500. The Kier molecular flexibility index (Phi) is 4.92. The minimum Gasteiger partial charge on any atom is -0.507 e. The van der Waals surface area contributed by atoms with E-state index in [1.54, 1.807) is 12.0 Å². The second-order valence-corrected chi connectivity index (χ2v) is 4.76. The van der Waals surface area contributed by atoms with E-state index in [1.165, 1.54) is 18.2 Å². The summed E-state index contributed by atoms with van der Waals surface area (Å²) in [5.74, 6) is -1.44. The van der Waals surface area contributed by atoms with E-state index < -0.39 is 11.7 Å². The summed E-state index contributed by atoms with van der Waals surface area (Å²) in [7, 11) is 1.65. The van der Waals surface area contributed by atoms with Crippen molar-refractivity contribution in [3.63, 3.8) is 0 Å². The van der Waals surface area contributed by atoms with Crippen molar-refractivity contribution in [3.05, 3.63) is 29.6 Å². The largest absolute Gasteiger partial charge is 0.507 e. The van der Waals surface area contributed by atoms with Crippen LogP contribution in [0, 0.1) is 5.82 Å². The molecule has 0 bridgehead atoms. The van der Waals surface area contributed by atoms with Gasteiger partial charge < -0.3 is 14.7 Å². The van der Waals surface area contributed by atoms with Crippen LogP contribution in [0.4, 0.5) is 4.39 Å². The van der Waals surface area contributed by atoms with E-state index in [1.807, 2.05) is 0 Å². The standard InChI is InChI=1S/C14H19FN2O3/c1-20-10-9-16-5-7-17(8-6-16)14(19)13-11(15)3-2-4-12(13)18/h2-4,18H,5-10H2,1H3. The van der Waals surface area contributed by atoms with Gasteiger partial charge in [0.05, 0.1) is 6.61 Å². The average molecular weight is 282 g/mol. The Hall–Kier alpha value is -1.66. The molecule has 5 nitrogen and oxygen atoms in total. The van der Waals surface area contributed by atoms with Gasteiger partial charge in [-0.25, -0.2) is 4.39 Å². The molecule has 1 amide bonds. The van der Waals surface area contributed by atoms with Gasteiger partial charge >= 0.3 is 0 Å². The molecule has 1 N–H and O–H groups in total. The van der Waals surface area contributed by atoms with E-state index in [0.717, 1.165) is 19.6 Å². The summed E-state index contributed by atoms with van der Waals surface area (Å²) >= 11 is 0. The van der Waals surface area contributed by atoms with Crippen molar-refractivity contribution in [2.24, 2.45) is 0 Å². The van der Waals surface area contributed by atoms with Crippen LogP contribution in [0.15, 0.2) is 18.2 Å². The topological polar surface area (TPSA) is 53.0 Å². The summed E-state index contributed by atoms with van der Waals surface area (Å²) in [6.45, 7) is 3.98. The van der Waals surface area contributed by atoms with Crippen molar-refractivity contribution < 1.29 is 19.0 Å². The maximum Gasteiger partial charge on any atom is 0.260 e. The summed E-state index contributed by atoms with van der Waals surface area (Å²) in [4.78, 5) is 16.0. The number of methoxy groups -OCH3 is 1. The van der Waals surface area contributed by atoms with Crippen molar-refractivity contribution in [2.45, 2.75) is 0 Å². The van der Waals surface area contributed by atoms with E-state index in [9.17, 15) is 14.3 Å². The van der Waals surface area contributed by atoms with Gasteiger partial charge in [-0.1, -0.05) is 6.07 Å². The van der Waals surface area contributed by atoms with Gasteiger partial charge in [0.15, 0.2) is 0 Å². The number of hydrogen-bond donors (Lipinski definition) is 1. The van der Waals surface area contributed by atoms with Crippen molar-refractivity contribution >= 4 is 5.91 Å². The highest BCUT2D eigenvalue weighted by Crippen LogP contribution is 2.22. The lowest BCUT2D eigenvalue weighted by molar-refractivity contribution is 0.0587. The van der Waals surface area contributed by atoms with Gasteiger partial charge in [0, 0.05) is 39.8 Å². The fourth-order valence-corrected chi connectivity index (χ4v) is 2.28. The molecule has 0 radical (unpaired) electrons. The van der Waals surface area contributed by atoms with Gasteiger partial charge in [0.25, 0.3) is 5.91 Å². The molecule has 110 valence electrons. The Balaban J connectivity index is 1.98. The van der Waals surface area contributed by atoms with Gasteiger partial charge in [-0.2, -0.15) is 0 Å². The third kappa shape index (κ3) is 3.26. The van der Waals surface area contributed by atoms with Crippen LogP contribution in [0.5, 0.6) is 5.75 Å². The van der Waals surface area contributed by atoms with Crippen LogP contribution in [0.3, 0.4) is 0 Å². The number of nitrogens with zero attached hydrogens (tertiary/aromatic N) is 2. The molecule has 0 spiro atoms. The lowest BCUT2D eigenvalue weighted by atomic mass is 10.1. The maximum atomic E-state index is 13.7. The predicted octanol–water partition coefficient (Wildman–Crippen LogP) is 0.935. The molecule has 0 atom stereocenters. The molecular formula is C14H19FN2O3. The first kappa shape index (κ1) is 14.7. The second kappa shape index (κ2) is 6.67. The number of carbonyl (C=O) groups is 1. The first-order valence-corrected chi connectivity index (χ1v) is 6.61. The number of amides is 1. The van der Waals surface area contributed by atoms with E-state index in [2.05, 4.69) is 4.90 Å². The maximum absolute atomic E-state index is 13.7. The van der Waals surface area contributed by atoms with Gasteiger partial charge in [0.1, 0.15) is 17.1 Å². The van der Waals surface area contributed by atoms with E-state index in [4.69, 9.17) is 4.74 Å². The highest BCUT2D eigenvalue weighted by Gasteiger charge is 2.25. The molecule has 2 rings (SSSR count). The van der Waals surface area contributed by atoms with E-state index in [0.29, 0.717) is 19.7 Å². The third-order valence-electron chi connectivity index (χ3n) is 3.48. The van der Waals surface area contributed by atoms with Crippen molar-refractivity contribution in [1.29, 1.82) is 0 Å². The molecule has 1 aromatic carbocycles. The highest BCUT2D eigenvalue weighted by molar-refractivity contribution is 5.97. The Morgan fingerprint density at radius 1 is 1.35 bits per heavy atom. The minimum absolute atomic E-state index is 0.238. The van der Waals surface area contributed by atoms with E-state index in [-0.39, 0.29) is 11.3 Å². The van der Waals surface area contributed by atoms with Crippen LogP contribution in [-0.2, 0) is 4.74 Å². The number of phenolic OH excluding ortho intramolecular Hbond substituents is 1. The summed E-state index contributed by atoms with van der Waals surface area (Å²) in [6, 6.07) is 3.89. The monoisotopic (exact) mass is 282 g/mol.